The minimum absolute atomic E-state index is 0.212. The number of alkyl halides is 1. The van der Waals surface area contributed by atoms with E-state index in [-0.39, 0.29) is 6.67 Å². The molecule has 3 heteroatoms. The summed E-state index contributed by atoms with van der Waals surface area (Å²) in [4.78, 5) is 0. The fourth-order valence-corrected chi connectivity index (χ4v) is 1.27. The van der Waals surface area contributed by atoms with Crippen LogP contribution in [0.15, 0.2) is 0 Å². The first-order valence-corrected chi connectivity index (χ1v) is 4.30. The molecular formula is C8H16FNO. The van der Waals surface area contributed by atoms with Gasteiger partial charge in [-0.15, -0.1) is 0 Å². The molecule has 0 aliphatic carbocycles. The van der Waals surface area contributed by atoms with Gasteiger partial charge in [0.1, 0.15) is 0 Å². The highest BCUT2D eigenvalue weighted by Crippen LogP contribution is 2.05. The Morgan fingerprint density at radius 2 is 2.09 bits per heavy atom. The number of halogens is 1. The Labute approximate surface area is 67.1 Å². The van der Waals surface area contributed by atoms with Crippen LogP contribution < -0.4 is 5.32 Å². The van der Waals surface area contributed by atoms with Gasteiger partial charge in [0, 0.05) is 19.3 Å². The van der Waals surface area contributed by atoms with Gasteiger partial charge in [0.05, 0.1) is 6.67 Å². The van der Waals surface area contributed by atoms with Gasteiger partial charge in [0.25, 0.3) is 0 Å². The molecule has 1 aliphatic heterocycles. The highest BCUT2D eigenvalue weighted by Gasteiger charge is 2.11. The first kappa shape index (κ1) is 8.94. The van der Waals surface area contributed by atoms with E-state index in [1.54, 1.807) is 0 Å². The minimum Gasteiger partial charge on any atom is -0.381 e. The molecule has 0 aromatic heterocycles. The normalized spacial score (nSPS) is 20.5. The van der Waals surface area contributed by atoms with Crippen LogP contribution in [0.25, 0.3) is 0 Å². The van der Waals surface area contributed by atoms with E-state index in [0.717, 1.165) is 32.6 Å². The Hall–Kier alpha value is -0.150. The third kappa shape index (κ3) is 3.68. The molecular weight excluding hydrogens is 145 g/mol. The summed E-state index contributed by atoms with van der Waals surface area (Å²) in [5, 5.41) is 3.30. The fourth-order valence-electron chi connectivity index (χ4n) is 1.27. The van der Waals surface area contributed by atoms with Crippen molar-refractivity contribution in [2.45, 2.75) is 25.3 Å². The molecule has 0 aromatic carbocycles. The maximum absolute atomic E-state index is 11.7. The van der Waals surface area contributed by atoms with Gasteiger partial charge in [-0.25, -0.2) is 0 Å². The van der Waals surface area contributed by atoms with Gasteiger partial charge in [-0.3, -0.25) is 4.39 Å². The van der Waals surface area contributed by atoms with Crippen molar-refractivity contribution in [3.63, 3.8) is 0 Å². The summed E-state index contributed by atoms with van der Waals surface area (Å²) in [7, 11) is 0. The first-order chi connectivity index (χ1) is 5.43. The number of hydrogen-bond acceptors (Lipinski definition) is 2. The molecule has 0 atom stereocenters. The van der Waals surface area contributed by atoms with Gasteiger partial charge in [0.15, 0.2) is 0 Å². The van der Waals surface area contributed by atoms with Crippen LogP contribution >= 0.6 is 0 Å². The van der Waals surface area contributed by atoms with E-state index < -0.39 is 0 Å². The van der Waals surface area contributed by atoms with Gasteiger partial charge < -0.3 is 10.1 Å². The van der Waals surface area contributed by atoms with E-state index >= 15 is 0 Å². The van der Waals surface area contributed by atoms with Crippen LogP contribution in [0, 0.1) is 0 Å². The summed E-state index contributed by atoms with van der Waals surface area (Å²) in [6, 6.07) is 0.565. The lowest BCUT2D eigenvalue weighted by atomic mass is 10.1. The van der Waals surface area contributed by atoms with Crippen molar-refractivity contribution in [3.05, 3.63) is 0 Å². The smallest absolute Gasteiger partial charge is 0.0906 e. The van der Waals surface area contributed by atoms with Crippen LogP contribution in [-0.2, 0) is 4.74 Å². The molecule has 66 valence electrons. The van der Waals surface area contributed by atoms with Crippen molar-refractivity contribution in [3.8, 4) is 0 Å². The summed E-state index contributed by atoms with van der Waals surface area (Å²) in [5.74, 6) is 0. The maximum Gasteiger partial charge on any atom is 0.0906 e. The van der Waals surface area contributed by atoms with Crippen LogP contribution in [0.2, 0.25) is 0 Å². The molecule has 1 fully saturated rings. The highest BCUT2D eigenvalue weighted by molar-refractivity contribution is 4.69. The second-order valence-corrected chi connectivity index (χ2v) is 2.88. The summed E-state index contributed by atoms with van der Waals surface area (Å²) in [6.45, 7) is 2.30. The molecule has 1 aliphatic rings. The van der Waals surface area contributed by atoms with E-state index in [2.05, 4.69) is 5.32 Å². The Kier molecular flexibility index (Phi) is 4.47. The molecule has 0 radical (unpaired) electrons. The lowest BCUT2D eigenvalue weighted by molar-refractivity contribution is 0.0779. The third-order valence-electron chi connectivity index (χ3n) is 1.96. The first-order valence-electron chi connectivity index (χ1n) is 4.30. The second-order valence-electron chi connectivity index (χ2n) is 2.88. The van der Waals surface area contributed by atoms with Crippen LogP contribution in [0.4, 0.5) is 4.39 Å². The summed E-state index contributed by atoms with van der Waals surface area (Å²) in [6.07, 6.45) is 2.79. The standard InChI is InChI=1S/C8H16FNO/c9-4-1-5-10-8-2-6-11-7-3-8/h8,10H,1-7H2. The Bertz CT molecular complexity index is 94.1. The molecule has 0 amide bonds. The summed E-state index contributed by atoms with van der Waals surface area (Å²) >= 11 is 0. The quantitative estimate of drug-likeness (QED) is 0.624. The average Bonchev–Trinajstić information content (AvgIpc) is 2.07. The van der Waals surface area contributed by atoms with E-state index in [1.165, 1.54) is 0 Å². The fraction of sp³-hybridized carbons (Fsp3) is 1.00. The van der Waals surface area contributed by atoms with Crippen molar-refractivity contribution in [2.75, 3.05) is 26.4 Å². The van der Waals surface area contributed by atoms with Crippen LogP contribution in [0.1, 0.15) is 19.3 Å². The predicted molar refractivity (Wildman–Crippen MR) is 42.4 cm³/mol. The van der Waals surface area contributed by atoms with Gasteiger partial charge in [-0.05, 0) is 25.8 Å². The average molecular weight is 161 g/mol. The van der Waals surface area contributed by atoms with Gasteiger partial charge >= 0.3 is 0 Å². The van der Waals surface area contributed by atoms with E-state index in [0.29, 0.717) is 12.5 Å². The van der Waals surface area contributed by atoms with Crippen LogP contribution in [0.3, 0.4) is 0 Å². The van der Waals surface area contributed by atoms with Crippen molar-refractivity contribution in [1.82, 2.24) is 5.32 Å². The second kappa shape index (κ2) is 5.49. The molecule has 1 saturated heterocycles. The molecule has 0 spiro atoms. The topological polar surface area (TPSA) is 21.3 Å². The number of rotatable bonds is 4. The van der Waals surface area contributed by atoms with E-state index in [4.69, 9.17) is 4.74 Å². The molecule has 1 N–H and O–H groups in total. The minimum atomic E-state index is -0.212. The zero-order valence-electron chi connectivity index (χ0n) is 6.81. The number of nitrogens with one attached hydrogen (secondary N) is 1. The van der Waals surface area contributed by atoms with Crippen LogP contribution in [-0.4, -0.2) is 32.5 Å². The molecule has 1 rings (SSSR count). The zero-order chi connectivity index (χ0) is 7.94. The lowest BCUT2D eigenvalue weighted by Gasteiger charge is -2.22. The predicted octanol–water partition coefficient (Wildman–Crippen LogP) is 1.11. The lowest BCUT2D eigenvalue weighted by Crippen LogP contribution is -2.35. The zero-order valence-corrected chi connectivity index (χ0v) is 6.81. The van der Waals surface area contributed by atoms with Gasteiger partial charge in [-0.2, -0.15) is 0 Å². The van der Waals surface area contributed by atoms with Gasteiger partial charge in [-0.1, -0.05) is 0 Å². The van der Waals surface area contributed by atoms with E-state index in [9.17, 15) is 4.39 Å². The molecule has 0 unspecified atom stereocenters. The molecule has 11 heavy (non-hydrogen) atoms. The molecule has 0 saturated carbocycles. The molecule has 1 heterocycles. The molecule has 2 nitrogen and oxygen atoms in total. The van der Waals surface area contributed by atoms with Crippen molar-refractivity contribution in [2.24, 2.45) is 0 Å². The third-order valence-corrected chi connectivity index (χ3v) is 1.96. The van der Waals surface area contributed by atoms with Crippen molar-refractivity contribution >= 4 is 0 Å². The molecule has 0 aromatic rings. The Balaban J connectivity index is 1.96. The van der Waals surface area contributed by atoms with Gasteiger partial charge in [0.2, 0.25) is 0 Å². The monoisotopic (exact) mass is 161 g/mol. The SMILES string of the molecule is FCCCNC1CCOCC1. The van der Waals surface area contributed by atoms with Crippen molar-refractivity contribution in [1.29, 1.82) is 0 Å². The van der Waals surface area contributed by atoms with Crippen molar-refractivity contribution < 1.29 is 9.13 Å². The Morgan fingerprint density at radius 1 is 1.36 bits per heavy atom. The highest BCUT2D eigenvalue weighted by atomic mass is 19.1. The Morgan fingerprint density at radius 3 is 2.73 bits per heavy atom. The molecule has 0 bridgehead atoms. The number of ether oxygens (including phenoxy) is 1. The number of hydrogen-bond donors (Lipinski definition) is 1. The van der Waals surface area contributed by atoms with Crippen LogP contribution in [0.5, 0.6) is 0 Å². The van der Waals surface area contributed by atoms with E-state index in [1.807, 2.05) is 0 Å². The largest absolute Gasteiger partial charge is 0.381 e. The summed E-state index contributed by atoms with van der Waals surface area (Å²) < 4.78 is 16.9. The maximum atomic E-state index is 11.7. The summed E-state index contributed by atoms with van der Waals surface area (Å²) in [5.41, 5.74) is 0.